The summed E-state index contributed by atoms with van der Waals surface area (Å²) < 4.78 is 16.3. The van der Waals surface area contributed by atoms with Gasteiger partial charge >= 0.3 is 6.09 Å². The zero-order valence-electron chi connectivity index (χ0n) is 20.0. The summed E-state index contributed by atoms with van der Waals surface area (Å²) in [5, 5.41) is 0. The summed E-state index contributed by atoms with van der Waals surface area (Å²) in [4.78, 5) is 40.9. The fourth-order valence-electron chi connectivity index (χ4n) is 4.83. The van der Waals surface area contributed by atoms with Gasteiger partial charge in [0, 0.05) is 23.8 Å². The highest BCUT2D eigenvalue weighted by atomic mass is 16.7. The standard InChI is InChI=1S/C29H27NO6/c1-19(28(32)30-23(17-34-29(30)33)14-20-8-4-2-5-9-20)24(16-25(31)21-10-6-3-7-11-21)22-12-13-26-27(15-22)36-18-35-26/h2-13,15,19,23-24H,14,16-18H2,1H3/t19-,23-,24-/m1/s1. The molecule has 2 aliphatic rings. The number of Topliss-reactive ketones (excluding diaryl/α,β-unsaturated/α-hetero) is 1. The number of carbonyl (C=O) groups is 3. The molecular formula is C29H27NO6. The first-order valence-corrected chi connectivity index (χ1v) is 12.0. The maximum Gasteiger partial charge on any atom is 0.416 e. The highest BCUT2D eigenvalue weighted by Gasteiger charge is 2.42. The number of carbonyl (C=O) groups excluding carboxylic acids is 3. The number of imide groups is 1. The van der Waals surface area contributed by atoms with E-state index in [9.17, 15) is 14.4 Å². The molecule has 2 aliphatic heterocycles. The monoisotopic (exact) mass is 485 g/mol. The molecule has 0 N–H and O–H groups in total. The lowest BCUT2D eigenvalue weighted by Gasteiger charge is -2.28. The highest BCUT2D eigenvalue weighted by molar-refractivity contribution is 5.98. The van der Waals surface area contributed by atoms with Crippen molar-refractivity contribution in [1.82, 2.24) is 4.90 Å². The molecule has 0 saturated carbocycles. The van der Waals surface area contributed by atoms with Gasteiger partial charge in [0.2, 0.25) is 12.7 Å². The SMILES string of the molecule is C[C@@H](C(=O)N1C(=O)OC[C@H]1Cc1ccccc1)[C@@H](CC(=O)c1ccccc1)c1ccc2c(c1)OCO2. The third-order valence-electron chi connectivity index (χ3n) is 6.83. The van der Waals surface area contributed by atoms with Crippen molar-refractivity contribution in [3.8, 4) is 11.5 Å². The number of amides is 2. The van der Waals surface area contributed by atoms with Gasteiger partial charge in [0.05, 0.1) is 6.04 Å². The average Bonchev–Trinajstić information content (AvgIpc) is 3.53. The third-order valence-corrected chi connectivity index (χ3v) is 6.83. The number of nitrogens with zero attached hydrogens (tertiary/aromatic N) is 1. The van der Waals surface area contributed by atoms with E-state index in [-0.39, 0.29) is 31.5 Å². The van der Waals surface area contributed by atoms with Gasteiger partial charge in [-0.25, -0.2) is 9.69 Å². The van der Waals surface area contributed by atoms with Gasteiger partial charge < -0.3 is 14.2 Å². The molecule has 0 bridgehead atoms. The predicted octanol–water partition coefficient (Wildman–Crippen LogP) is 5.00. The second-order valence-corrected chi connectivity index (χ2v) is 9.13. The molecule has 3 atom stereocenters. The molecule has 1 saturated heterocycles. The van der Waals surface area contributed by atoms with E-state index in [2.05, 4.69) is 0 Å². The lowest BCUT2D eigenvalue weighted by Crippen LogP contribution is -2.44. The van der Waals surface area contributed by atoms with Crippen molar-refractivity contribution < 1.29 is 28.6 Å². The Morgan fingerprint density at radius 3 is 2.36 bits per heavy atom. The normalized spacial score (nSPS) is 18.0. The van der Waals surface area contributed by atoms with E-state index in [1.165, 1.54) is 4.90 Å². The molecule has 3 aromatic rings. The second kappa shape index (κ2) is 10.2. The summed E-state index contributed by atoms with van der Waals surface area (Å²) in [6.07, 6.45) is -0.0440. The molecular weight excluding hydrogens is 458 g/mol. The lowest BCUT2D eigenvalue weighted by molar-refractivity contribution is -0.133. The van der Waals surface area contributed by atoms with Gasteiger partial charge in [-0.1, -0.05) is 73.7 Å². The van der Waals surface area contributed by atoms with Crippen molar-refractivity contribution in [1.29, 1.82) is 0 Å². The Balaban J connectivity index is 1.43. The third kappa shape index (κ3) is 4.82. The maximum atomic E-state index is 13.8. The number of hydrogen-bond donors (Lipinski definition) is 0. The summed E-state index contributed by atoms with van der Waals surface area (Å²) in [5.74, 6) is -0.388. The Morgan fingerprint density at radius 1 is 0.917 bits per heavy atom. The summed E-state index contributed by atoms with van der Waals surface area (Å²) in [6, 6.07) is 23.7. The van der Waals surface area contributed by atoms with Gasteiger partial charge in [-0.2, -0.15) is 0 Å². The van der Waals surface area contributed by atoms with Gasteiger partial charge in [0.1, 0.15) is 6.61 Å². The van der Waals surface area contributed by atoms with Crippen molar-refractivity contribution in [2.24, 2.45) is 5.92 Å². The van der Waals surface area contributed by atoms with E-state index in [1.54, 1.807) is 25.1 Å². The number of cyclic esters (lactones) is 1. The van der Waals surface area contributed by atoms with Crippen LogP contribution >= 0.6 is 0 Å². The summed E-state index contributed by atoms with van der Waals surface area (Å²) >= 11 is 0. The minimum Gasteiger partial charge on any atom is -0.454 e. The average molecular weight is 486 g/mol. The summed E-state index contributed by atoms with van der Waals surface area (Å²) in [5.41, 5.74) is 2.36. The first-order valence-electron chi connectivity index (χ1n) is 12.0. The molecule has 0 radical (unpaired) electrons. The van der Waals surface area contributed by atoms with Gasteiger partial charge in [-0.15, -0.1) is 0 Å². The van der Waals surface area contributed by atoms with Gasteiger partial charge in [0.15, 0.2) is 17.3 Å². The molecule has 0 unspecified atom stereocenters. The number of rotatable bonds is 8. The van der Waals surface area contributed by atoms with Crippen LogP contribution in [-0.2, 0) is 16.0 Å². The molecule has 0 spiro atoms. The van der Waals surface area contributed by atoms with E-state index in [0.717, 1.165) is 11.1 Å². The van der Waals surface area contributed by atoms with Gasteiger partial charge in [-0.05, 0) is 29.7 Å². The molecule has 7 nitrogen and oxygen atoms in total. The molecule has 1 fully saturated rings. The van der Waals surface area contributed by atoms with E-state index in [1.807, 2.05) is 60.7 Å². The quantitative estimate of drug-likeness (QED) is 0.418. The second-order valence-electron chi connectivity index (χ2n) is 9.13. The van der Waals surface area contributed by atoms with Crippen LogP contribution in [0.3, 0.4) is 0 Å². The number of ether oxygens (including phenoxy) is 3. The molecule has 0 aliphatic carbocycles. The van der Waals surface area contributed by atoms with Crippen LogP contribution < -0.4 is 9.47 Å². The Kier molecular flexibility index (Phi) is 6.71. The first-order chi connectivity index (χ1) is 17.5. The summed E-state index contributed by atoms with van der Waals surface area (Å²) in [6.45, 7) is 2.03. The van der Waals surface area contributed by atoms with Gasteiger partial charge in [0.25, 0.3) is 0 Å². The summed E-state index contributed by atoms with van der Waals surface area (Å²) in [7, 11) is 0. The molecule has 3 aromatic carbocycles. The first kappa shape index (κ1) is 23.6. The van der Waals surface area contributed by atoms with Crippen molar-refractivity contribution in [2.75, 3.05) is 13.4 Å². The highest BCUT2D eigenvalue weighted by Crippen LogP contribution is 2.39. The van der Waals surface area contributed by atoms with Crippen molar-refractivity contribution >= 4 is 17.8 Å². The van der Waals surface area contributed by atoms with E-state index < -0.39 is 24.0 Å². The Bertz CT molecular complexity index is 1260. The molecule has 0 aromatic heterocycles. The number of hydrogen-bond acceptors (Lipinski definition) is 6. The van der Waals surface area contributed by atoms with Crippen LogP contribution in [0.4, 0.5) is 4.79 Å². The smallest absolute Gasteiger partial charge is 0.416 e. The maximum absolute atomic E-state index is 13.8. The van der Waals surface area contributed by atoms with Crippen LogP contribution in [0.2, 0.25) is 0 Å². The lowest BCUT2D eigenvalue weighted by atomic mass is 9.81. The van der Waals surface area contributed by atoms with Crippen LogP contribution in [0, 0.1) is 5.92 Å². The molecule has 7 heteroatoms. The Morgan fingerprint density at radius 2 is 1.61 bits per heavy atom. The van der Waals surface area contributed by atoms with E-state index >= 15 is 0 Å². The van der Waals surface area contributed by atoms with Gasteiger partial charge in [-0.3, -0.25) is 9.59 Å². The molecule has 5 rings (SSSR count). The fourth-order valence-corrected chi connectivity index (χ4v) is 4.83. The fraction of sp³-hybridized carbons (Fsp3) is 0.276. The Labute approximate surface area is 209 Å². The van der Waals surface area contributed by atoms with E-state index in [4.69, 9.17) is 14.2 Å². The number of ketones is 1. The minimum atomic E-state index is -0.665. The number of benzene rings is 3. The predicted molar refractivity (Wildman–Crippen MR) is 132 cm³/mol. The van der Waals surface area contributed by atoms with Crippen molar-refractivity contribution in [3.05, 3.63) is 95.6 Å². The molecule has 2 amide bonds. The molecule has 184 valence electrons. The topological polar surface area (TPSA) is 82.1 Å². The van der Waals surface area contributed by atoms with Crippen LogP contribution in [0.1, 0.15) is 40.7 Å². The Hall–Kier alpha value is -4.13. The molecule has 36 heavy (non-hydrogen) atoms. The van der Waals surface area contributed by atoms with E-state index in [0.29, 0.717) is 23.5 Å². The minimum absolute atomic E-state index is 0.0808. The van der Waals surface area contributed by atoms with Crippen LogP contribution in [0.15, 0.2) is 78.9 Å². The van der Waals surface area contributed by atoms with Crippen molar-refractivity contribution in [2.45, 2.75) is 31.7 Å². The zero-order chi connectivity index (χ0) is 25.1. The zero-order valence-corrected chi connectivity index (χ0v) is 20.0. The molecule has 2 heterocycles. The van der Waals surface area contributed by atoms with Crippen molar-refractivity contribution in [3.63, 3.8) is 0 Å². The van der Waals surface area contributed by atoms with Crippen LogP contribution in [-0.4, -0.2) is 42.1 Å². The number of fused-ring (bicyclic) bond motifs is 1. The van der Waals surface area contributed by atoms with Crippen LogP contribution in [0.5, 0.6) is 11.5 Å². The van der Waals surface area contributed by atoms with Crippen LogP contribution in [0.25, 0.3) is 0 Å². The largest absolute Gasteiger partial charge is 0.454 e.